The Labute approximate surface area is 350 Å². The van der Waals surface area contributed by atoms with Crippen LogP contribution in [-0.4, -0.2) is 110 Å². The summed E-state index contributed by atoms with van der Waals surface area (Å²) in [7, 11) is 1.22. The number of nitrogens with one attached hydrogen (secondary N) is 3. The molecule has 0 saturated carbocycles. The summed E-state index contributed by atoms with van der Waals surface area (Å²) in [5.41, 5.74) is 5.45. The molecule has 0 radical (unpaired) electrons. The van der Waals surface area contributed by atoms with Gasteiger partial charge in [0.05, 0.1) is 43.7 Å². The molecule has 1 saturated heterocycles. The number of urea groups is 1. The van der Waals surface area contributed by atoms with Crippen LogP contribution in [0.5, 0.6) is 0 Å². The molecule has 5 rings (SSSR count). The highest BCUT2D eigenvalue weighted by atomic mass is 32.1. The highest BCUT2D eigenvalue weighted by Crippen LogP contribution is 2.29. The van der Waals surface area contributed by atoms with E-state index in [-0.39, 0.29) is 25.5 Å². The Morgan fingerprint density at radius 2 is 1.66 bits per heavy atom. The smallest absolute Gasteiger partial charge is 0.407 e. The Kier molecular flexibility index (Phi) is 14.8. The van der Waals surface area contributed by atoms with Crippen LogP contribution >= 0.6 is 11.3 Å². The molecule has 316 valence electrons. The number of carbonyl (C=O) groups is 4. The lowest BCUT2D eigenvalue weighted by molar-refractivity contribution is -0.133. The normalized spacial score (nSPS) is 15.4. The third-order valence-corrected chi connectivity index (χ3v) is 10.9. The van der Waals surface area contributed by atoms with Crippen molar-refractivity contribution >= 4 is 35.3 Å². The van der Waals surface area contributed by atoms with Crippen LogP contribution in [0.1, 0.15) is 64.2 Å². The quantitative estimate of drug-likeness (QED) is 0.113. The van der Waals surface area contributed by atoms with Gasteiger partial charge in [-0.25, -0.2) is 19.6 Å². The van der Waals surface area contributed by atoms with Crippen molar-refractivity contribution < 1.29 is 29.0 Å². The number of amides is 5. The fraction of sp³-hybridized carbons (Fsp3) is 0.465. The number of methoxy groups -OCH3 is 1. The fourth-order valence-electron chi connectivity index (χ4n) is 7.06. The van der Waals surface area contributed by atoms with Gasteiger partial charge in [0.15, 0.2) is 0 Å². The average molecular weight is 828 g/mol. The number of alkyl carbamates (subject to hydrolysis) is 1. The molecule has 0 spiro atoms. The monoisotopic (exact) mass is 827 g/mol. The maximum Gasteiger partial charge on any atom is 0.407 e. The van der Waals surface area contributed by atoms with Gasteiger partial charge in [0, 0.05) is 48.7 Å². The van der Waals surface area contributed by atoms with Gasteiger partial charge in [0.25, 0.3) is 5.91 Å². The SMILES string of the molecule is COC(=O)N[C@H](C(=O)NN(Cc1csc(-c2cccnc2)n1)C[C@H](O)[C@H](Cc1ccccc1)NC(=O)[C@@H](N1CCN(Cc2cccc(C)n2)C1=O)C(C)(C)C)C(C)(C)C. The maximum absolute atomic E-state index is 14.6. The number of rotatable bonds is 16. The minimum Gasteiger partial charge on any atom is -0.453 e. The number of carbonyl (C=O) groups excluding carboxylic acids is 4. The minimum atomic E-state index is -1.24. The number of hydrogen-bond donors (Lipinski definition) is 4. The molecule has 59 heavy (non-hydrogen) atoms. The van der Waals surface area contributed by atoms with E-state index in [9.17, 15) is 24.3 Å². The lowest BCUT2D eigenvalue weighted by Crippen LogP contribution is -2.61. The fourth-order valence-corrected chi connectivity index (χ4v) is 7.86. The van der Waals surface area contributed by atoms with E-state index in [0.29, 0.717) is 25.3 Å². The molecule has 4 N–H and O–H groups in total. The lowest BCUT2D eigenvalue weighted by Gasteiger charge is -2.38. The second-order valence-corrected chi connectivity index (χ2v) is 17.8. The van der Waals surface area contributed by atoms with Crippen molar-refractivity contribution in [1.29, 1.82) is 0 Å². The first-order valence-corrected chi connectivity index (χ1v) is 20.6. The zero-order valence-corrected chi connectivity index (χ0v) is 36.0. The van der Waals surface area contributed by atoms with E-state index in [4.69, 9.17) is 9.72 Å². The highest BCUT2D eigenvalue weighted by molar-refractivity contribution is 7.13. The zero-order valence-electron chi connectivity index (χ0n) is 35.1. The van der Waals surface area contributed by atoms with Crippen molar-refractivity contribution in [1.82, 2.24) is 45.8 Å². The Morgan fingerprint density at radius 3 is 2.31 bits per heavy atom. The number of aromatic nitrogens is 3. The van der Waals surface area contributed by atoms with Crippen LogP contribution in [0, 0.1) is 17.8 Å². The van der Waals surface area contributed by atoms with Gasteiger partial charge in [-0.15, -0.1) is 11.3 Å². The summed E-state index contributed by atoms with van der Waals surface area (Å²) < 4.78 is 4.82. The van der Waals surface area contributed by atoms with Gasteiger partial charge >= 0.3 is 12.1 Å². The topological polar surface area (TPSA) is 182 Å². The van der Waals surface area contributed by atoms with Crippen molar-refractivity contribution in [3.05, 3.63) is 101 Å². The predicted octanol–water partition coefficient (Wildman–Crippen LogP) is 4.95. The summed E-state index contributed by atoms with van der Waals surface area (Å²) >= 11 is 1.42. The second kappa shape index (κ2) is 19.5. The van der Waals surface area contributed by atoms with E-state index in [1.54, 1.807) is 27.2 Å². The molecule has 3 aromatic heterocycles. The largest absolute Gasteiger partial charge is 0.453 e. The average Bonchev–Trinajstić information content (AvgIpc) is 3.79. The summed E-state index contributed by atoms with van der Waals surface area (Å²) in [6.45, 7) is 14.1. The number of benzene rings is 1. The number of aryl methyl sites for hydroxylation is 1. The number of ether oxygens (including phenoxy) is 1. The third-order valence-electron chi connectivity index (χ3n) is 9.96. The molecule has 1 aliphatic heterocycles. The van der Waals surface area contributed by atoms with E-state index in [0.717, 1.165) is 27.5 Å². The number of hydrazine groups is 1. The van der Waals surface area contributed by atoms with Gasteiger partial charge in [0.1, 0.15) is 17.1 Å². The van der Waals surface area contributed by atoms with Crippen LogP contribution in [-0.2, 0) is 33.8 Å². The molecule has 0 aliphatic carbocycles. The summed E-state index contributed by atoms with van der Waals surface area (Å²) in [6, 6.07) is 15.9. The molecule has 0 unspecified atom stereocenters. The van der Waals surface area contributed by atoms with Crippen molar-refractivity contribution in [2.24, 2.45) is 10.8 Å². The molecular weight excluding hydrogens is 771 g/mol. The number of aliphatic hydroxyl groups is 1. The lowest BCUT2D eigenvalue weighted by atomic mass is 9.84. The third kappa shape index (κ3) is 12.3. The van der Waals surface area contributed by atoms with Crippen molar-refractivity contribution in [2.75, 3.05) is 26.7 Å². The van der Waals surface area contributed by atoms with Gasteiger partial charge in [-0.2, -0.15) is 0 Å². The van der Waals surface area contributed by atoms with Gasteiger partial charge in [0.2, 0.25) is 5.91 Å². The number of aliphatic hydroxyl groups excluding tert-OH is 1. The van der Waals surface area contributed by atoms with Crippen LogP contribution < -0.4 is 16.1 Å². The minimum absolute atomic E-state index is 0.0825. The standard InChI is InChI=1S/C43H57N9O6S/c1-28-14-12-18-31(45-28)24-50-20-21-52(41(50)57)36(43(5,6)7)38(55)47-33(22-29-15-10-9-11-16-29)34(53)26-51(49-37(54)35(42(2,3)4)48-40(56)58-8)25-32-27-59-39(46-32)30-17-13-19-44-23-30/h9-19,23,27,33-36,53H,20-22,24-26H2,1-8H3,(H,47,55)(H,48,56)(H,49,54)/t33-,34-,35+,36+/m0/s1. The molecule has 1 aliphatic rings. The predicted molar refractivity (Wildman–Crippen MR) is 225 cm³/mol. The summed E-state index contributed by atoms with van der Waals surface area (Å²) in [4.78, 5) is 71.7. The number of nitrogens with zero attached hydrogens (tertiary/aromatic N) is 6. The van der Waals surface area contributed by atoms with Gasteiger partial charge in [-0.05, 0) is 54.0 Å². The molecule has 0 bridgehead atoms. The molecule has 1 aromatic carbocycles. The van der Waals surface area contributed by atoms with Crippen molar-refractivity contribution in [3.63, 3.8) is 0 Å². The molecular formula is C43H57N9O6S. The molecule has 4 atom stereocenters. The van der Waals surface area contributed by atoms with E-state index in [2.05, 4.69) is 26.0 Å². The Balaban J connectivity index is 1.42. The number of hydrogen-bond acceptors (Lipinski definition) is 11. The molecule has 5 amide bonds. The van der Waals surface area contributed by atoms with E-state index in [1.807, 2.05) is 115 Å². The zero-order chi connectivity index (χ0) is 42.9. The molecule has 4 aromatic rings. The first-order valence-electron chi connectivity index (χ1n) is 19.7. The van der Waals surface area contributed by atoms with Crippen molar-refractivity contribution in [2.45, 2.75) is 92.2 Å². The van der Waals surface area contributed by atoms with E-state index in [1.165, 1.54) is 18.4 Å². The van der Waals surface area contributed by atoms with Crippen LogP contribution in [0.4, 0.5) is 9.59 Å². The molecule has 15 nitrogen and oxygen atoms in total. The second-order valence-electron chi connectivity index (χ2n) is 17.0. The highest BCUT2D eigenvalue weighted by Gasteiger charge is 2.44. The Hall–Kier alpha value is -5.45. The van der Waals surface area contributed by atoms with E-state index < -0.39 is 53.0 Å². The maximum atomic E-state index is 14.6. The number of thiazole rings is 1. The summed E-state index contributed by atoms with van der Waals surface area (Å²) in [5, 5.41) is 22.0. The van der Waals surface area contributed by atoms with Crippen LogP contribution in [0.15, 0.2) is 78.4 Å². The van der Waals surface area contributed by atoms with Gasteiger partial charge in [-0.3, -0.25) is 25.0 Å². The molecule has 16 heteroatoms. The summed E-state index contributed by atoms with van der Waals surface area (Å²) in [6.07, 6.45) is 1.64. The Bertz CT molecular complexity index is 2040. The Morgan fingerprint density at radius 1 is 0.915 bits per heavy atom. The molecule has 4 heterocycles. The first kappa shape index (κ1) is 44.6. The van der Waals surface area contributed by atoms with Crippen LogP contribution in [0.25, 0.3) is 10.6 Å². The molecule has 1 fully saturated rings. The van der Waals surface area contributed by atoms with Gasteiger partial charge < -0.3 is 30.3 Å². The summed E-state index contributed by atoms with van der Waals surface area (Å²) in [5.74, 6) is -0.945. The van der Waals surface area contributed by atoms with E-state index >= 15 is 0 Å². The van der Waals surface area contributed by atoms with Crippen LogP contribution in [0.2, 0.25) is 0 Å². The first-order chi connectivity index (χ1) is 27.9. The number of pyridine rings is 2. The van der Waals surface area contributed by atoms with Crippen LogP contribution in [0.3, 0.4) is 0 Å². The van der Waals surface area contributed by atoms with Gasteiger partial charge in [-0.1, -0.05) is 77.9 Å². The van der Waals surface area contributed by atoms with Crippen molar-refractivity contribution in [3.8, 4) is 10.6 Å².